The molecular weight excluding hydrogens is 318 g/mol. The fourth-order valence-electron chi connectivity index (χ4n) is 2.32. The summed E-state index contributed by atoms with van der Waals surface area (Å²) in [7, 11) is 1.77. The maximum atomic E-state index is 9.33. The first kappa shape index (κ1) is 23.6. The van der Waals surface area contributed by atoms with Crippen molar-refractivity contribution >= 4 is 0 Å². The molecule has 0 aromatic heterocycles. The number of nitrogens with zero attached hydrogens (tertiary/aromatic N) is 3. The van der Waals surface area contributed by atoms with Gasteiger partial charge in [0, 0.05) is 45.8 Å². The molecule has 0 aliphatic carbocycles. The van der Waals surface area contributed by atoms with Gasteiger partial charge in [-0.1, -0.05) is 0 Å². The summed E-state index contributed by atoms with van der Waals surface area (Å²) in [6, 6.07) is 0. The van der Waals surface area contributed by atoms with Crippen molar-refractivity contribution < 1.29 is 30.3 Å². The number of hydrogen-bond donors (Lipinski definition) is 5. The molecule has 0 aromatic rings. The van der Waals surface area contributed by atoms with Crippen LogP contribution in [0.4, 0.5) is 0 Å². The highest BCUT2D eigenvalue weighted by Crippen LogP contribution is 1.99. The number of ether oxygens (including phenoxy) is 1. The zero-order valence-electron chi connectivity index (χ0n) is 14.8. The average Bonchev–Trinajstić information content (AvgIpc) is 2.56. The molecule has 9 nitrogen and oxygen atoms in total. The van der Waals surface area contributed by atoms with Crippen LogP contribution in [0.15, 0.2) is 0 Å². The second-order valence-corrected chi connectivity index (χ2v) is 5.57. The molecule has 0 radical (unpaired) electrons. The molecule has 0 saturated carbocycles. The van der Waals surface area contributed by atoms with Gasteiger partial charge in [0.25, 0.3) is 0 Å². The quantitative estimate of drug-likeness (QED) is 0.172. The first-order chi connectivity index (χ1) is 11.6. The van der Waals surface area contributed by atoms with E-state index in [4.69, 9.17) is 25.2 Å². The molecule has 5 N–H and O–H groups in total. The third-order valence-electron chi connectivity index (χ3n) is 3.80. The second-order valence-electron chi connectivity index (χ2n) is 5.57. The molecule has 0 aromatic carbocycles. The first-order valence-electron chi connectivity index (χ1n) is 8.43. The van der Waals surface area contributed by atoms with Crippen LogP contribution in [0.2, 0.25) is 0 Å². The molecule has 24 heavy (non-hydrogen) atoms. The van der Waals surface area contributed by atoms with E-state index >= 15 is 0 Å². The highest BCUT2D eigenvalue weighted by molar-refractivity contribution is 4.64. The van der Waals surface area contributed by atoms with Gasteiger partial charge in [-0.05, 0) is 7.05 Å². The molecule has 9 heteroatoms. The van der Waals surface area contributed by atoms with Crippen molar-refractivity contribution in [1.82, 2.24) is 14.7 Å². The highest BCUT2D eigenvalue weighted by Gasteiger charge is 2.14. The summed E-state index contributed by atoms with van der Waals surface area (Å²) in [5, 5.41) is 45.4. The minimum absolute atomic E-state index is 0.00144. The maximum absolute atomic E-state index is 9.33. The Bertz CT molecular complexity index is 270. The summed E-state index contributed by atoms with van der Waals surface area (Å²) in [5.41, 5.74) is 0. The molecule has 1 atom stereocenters. The van der Waals surface area contributed by atoms with Crippen molar-refractivity contribution in [2.75, 3.05) is 92.5 Å². The van der Waals surface area contributed by atoms with E-state index in [9.17, 15) is 5.11 Å². The predicted octanol–water partition coefficient (Wildman–Crippen LogP) is -3.17. The number of aliphatic hydroxyl groups is 5. The topological polar surface area (TPSA) is 120 Å². The standard InChI is InChI=1S/C15H35N3O6/c1-16(4-9-19)15(14-23)24-13-8-18(7-12-22)3-2-17(5-10-20)6-11-21/h15,19-23H,2-14H2,1H3. The van der Waals surface area contributed by atoms with Crippen LogP contribution >= 0.6 is 0 Å². The lowest BCUT2D eigenvalue weighted by Gasteiger charge is -2.29. The van der Waals surface area contributed by atoms with Crippen LogP contribution in [0.1, 0.15) is 0 Å². The predicted molar refractivity (Wildman–Crippen MR) is 90.7 cm³/mol. The Morgan fingerprint density at radius 2 is 1.12 bits per heavy atom. The van der Waals surface area contributed by atoms with E-state index in [1.807, 2.05) is 9.80 Å². The summed E-state index contributed by atoms with van der Waals surface area (Å²) < 4.78 is 5.63. The van der Waals surface area contributed by atoms with Crippen LogP contribution in [-0.4, -0.2) is 139 Å². The lowest BCUT2D eigenvalue weighted by molar-refractivity contribution is -0.0845. The lowest BCUT2D eigenvalue weighted by atomic mass is 10.4. The summed E-state index contributed by atoms with van der Waals surface area (Å²) in [6.45, 7) is 4.23. The zero-order chi connectivity index (χ0) is 18.2. The zero-order valence-corrected chi connectivity index (χ0v) is 14.8. The Labute approximate surface area is 144 Å². The van der Waals surface area contributed by atoms with Crippen LogP contribution in [0.3, 0.4) is 0 Å². The molecular formula is C15H35N3O6. The second kappa shape index (κ2) is 16.1. The third kappa shape index (κ3) is 11.2. The van der Waals surface area contributed by atoms with Crippen LogP contribution in [0, 0.1) is 0 Å². The number of likely N-dealkylation sites (N-methyl/N-ethyl adjacent to an activating group) is 1. The van der Waals surface area contributed by atoms with Crippen molar-refractivity contribution in [3.05, 3.63) is 0 Å². The third-order valence-corrected chi connectivity index (χ3v) is 3.80. The summed E-state index contributed by atoms with van der Waals surface area (Å²) in [5.74, 6) is 0. The largest absolute Gasteiger partial charge is 0.395 e. The van der Waals surface area contributed by atoms with E-state index in [2.05, 4.69) is 0 Å². The van der Waals surface area contributed by atoms with Gasteiger partial charge >= 0.3 is 0 Å². The Morgan fingerprint density at radius 1 is 0.667 bits per heavy atom. The van der Waals surface area contributed by atoms with Crippen molar-refractivity contribution in [3.63, 3.8) is 0 Å². The highest BCUT2D eigenvalue weighted by atomic mass is 16.5. The molecule has 0 fully saturated rings. The summed E-state index contributed by atoms with van der Waals surface area (Å²) in [6.07, 6.45) is -0.464. The van der Waals surface area contributed by atoms with E-state index in [0.29, 0.717) is 52.4 Å². The normalized spacial score (nSPS) is 13.4. The number of aliphatic hydroxyl groups excluding tert-OH is 5. The fraction of sp³-hybridized carbons (Fsp3) is 1.00. The van der Waals surface area contributed by atoms with Crippen molar-refractivity contribution in [2.24, 2.45) is 0 Å². The molecule has 146 valence electrons. The first-order valence-corrected chi connectivity index (χ1v) is 8.43. The van der Waals surface area contributed by atoms with Crippen LogP contribution in [-0.2, 0) is 4.74 Å². The molecule has 0 aliphatic heterocycles. The van der Waals surface area contributed by atoms with E-state index in [1.165, 1.54) is 0 Å². The molecule has 0 heterocycles. The molecule has 0 spiro atoms. The van der Waals surface area contributed by atoms with Crippen molar-refractivity contribution in [3.8, 4) is 0 Å². The lowest BCUT2D eigenvalue weighted by Crippen LogP contribution is -2.42. The Morgan fingerprint density at radius 3 is 1.54 bits per heavy atom. The SMILES string of the molecule is CN(CCO)C(CO)OCCN(CCO)CCN(CCO)CCO. The molecule has 0 amide bonds. The van der Waals surface area contributed by atoms with Gasteiger partial charge in [0.1, 0.15) is 6.23 Å². The van der Waals surface area contributed by atoms with Crippen LogP contribution in [0.5, 0.6) is 0 Å². The van der Waals surface area contributed by atoms with Crippen LogP contribution < -0.4 is 0 Å². The molecule has 0 aliphatic rings. The average molecular weight is 353 g/mol. The van der Waals surface area contributed by atoms with Gasteiger partial charge in [0.15, 0.2) is 0 Å². The number of rotatable bonds is 17. The van der Waals surface area contributed by atoms with E-state index < -0.39 is 6.23 Å². The minimum atomic E-state index is -0.464. The minimum Gasteiger partial charge on any atom is -0.395 e. The van der Waals surface area contributed by atoms with Gasteiger partial charge in [-0.25, -0.2) is 0 Å². The molecule has 0 bridgehead atoms. The van der Waals surface area contributed by atoms with Gasteiger partial charge in [-0.15, -0.1) is 0 Å². The Balaban J connectivity index is 4.21. The molecule has 1 unspecified atom stereocenters. The molecule has 0 rings (SSSR count). The van der Waals surface area contributed by atoms with Gasteiger partial charge in [0.2, 0.25) is 0 Å². The van der Waals surface area contributed by atoms with Crippen molar-refractivity contribution in [2.45, 2.75) is 6.23 Å². The van der Waals surface area contributed by atoms with E-state index in [0.717, 1.165) is 0 Å². The smallest absolute Gasteiger partial charge is 0.133 e. The summed E-state index contributed by atoms with van der Waals surface area (Å²) in [4.78, 5) is 5.72. The fourth-order valence-corrected chi connectivity index (χ4v) is 2.32. The Kier molecular flexibility index (Phi) is 15.9. The van der Waals surface area contributed by atoms with E-state index in [-0.39, 0.29) is 33.0 Å². The van der Waals surface area contributed by atoms with Gasteiger partial charge in [-0.3, -0.25) is 14.7 Å². The Hall–Kier alpha value is -0.360. The van der Waals surface area contributed by atoms with Crippen LogP contribution in [0.25, 0.3) is 0 Å². The van der Waals surface area contributed by atoms with Gasteiger partial charge in [0.05, 0.1) is 39.6 Å². The molecule has 0 saturated heterocycles. The van der Waals surface area contributed by atoms with Gasteiger partial charge in [-0.2, -0.15) is 0 Å². The van der Waals surface area contributed by atoms with E-state index in [1.54, 1.807) is 11.9 Å². The number of hydrogen-bond acceptors (Lipinski definition) is 9. The van der Waals surface area contributed by atoms with Crippen molar-refractivity contribution in [1.29, 1.82) is 0 Å². The van der Waals surface area contributed by atoms with Gasteiger partial charge < -0.3 is 30.3 Å². The summed E-state index contributed by atoms with van der Waals surface area (Å²) >= 11 is 0. The maximum Gasteiger partial charge on any atom is 0.133 e. The monoisotopic (exact) mass is 353 g/mol.